The first-order valence-electron chi connectivity index (χ1n) is 8.38. The summed E-state index contributed by atoms with van der Waals surface area (Å²) in [7, 11) is 0. The van der Waals surface area contributed by atoms with Crippen molar-refractivity contribution < 1.29 is 4.79 Å². The summed E-state index contributed by atoms with van der Waals surface area (Å²) in [6.45, 7) is 2.07. The second-order valence-corrected chi connectivity index (χ2v) is 6.19. The lowest BCUT2D eigenvalue weighted by Gasteiger charge is -2.32. The number of hydrogen-bond acceptors (Lipinski definition) is 6. The molecule has 0 aromatic carbocycles. The molecule has 1 aliphatic rings. The summed E-state index contributed by atoms with van der Waals surface area (Å²) < 4.78 is 1.65. The zero-order chi connectivity index (χ0) is 17.1. The molecule has 8 nitrogen and oxygen atoms in total. The lowest BCUT2D eigenvalue weighted by Crippen LogP contribution is -2.43. The standard InChI is InChI=1S/C17H19N7O/c25-17(19-10-13-3-1-7-18-9-13)14-4-2-8-23(11-14)16-6-5-15-21-20-12-24(15)22-16/h1,3,5-7,9,12,14H,2,4,8,10-11H2,(H,19,25)/t14-/m0/s1. The maximum atomic E-state index is 12.5. The summed E-state index contributed by atoms with van der Waals surface area (Å²) in [4.78, 5) is 18.7. The van der Waals surface area contributed by atoms with Gasteiger partial charge in [-0.2, -0.15) is 4.52 Å². The zero-order valence-corrected chi connectivity index (χ0v) is 13.7. The minimum absolute atomic E-state index is 0.0381. The van der Waals surface area contributed by atoms with Crippen LogP contribution in [0.15, 0.2) is 43.0 Å². The number of rotatable bonds is 4. The number of pyridine rings is 1. The summed E-state index contributed by atoms with van der Waals surface area (Å²) in [5, 5.41) is 15.3. The number of amides is 1. The number of nitrogens with zero attached hydrogens (tertiary/aromatic N) is 6. The molecule has 0 unspecified atom stereocenters. The normalized spacial score (nSPS) is 17.6. The molecule has 3 aromatic heterocycles. The molecular weight excluding hydrogens is 318 g/mol. The van der Waals surface area contributed by atoms with Crippen LogP contribution in [0.25, 0.3) is 5.65 Å². The maximum absolute atomic E-state index is 12.5. The highest BCUT2D eigenvalue weighted by Crippen LogP contribution is 2.22. The predicted octanol–water partition coefficient (Wildman–Crippen LogP) is 1.05. The van der Waals surface area contributed by atoms with Gasteiger partial charge in [-0.05, 0) is 36.6 Å². The van der Waals surface area contributed by atoms with Gasteiger partial charge in [-0.3, -0.25) is 9.78 Å². The van der Waals surface area contributed by atoms with E-state index in [9.17, 15) is 4.79 Å². The molecule has 1 atom stereocenters. The van der Waals surface area contributed by atoms with Gasteiger partial charge in [-0.25, -0.2) is 0 Å². The van der Waals surface area contributed by atoms with Crippen molar-refractivity contribution >= 4 is 17.4 Å². The Morgan fingerprint density at radius 1 is 1.32 bits per heavy atom. The molecule has 8 heteroatoms. The Kier molecular flexibility index (Phi) is 4.24. The van der Waals surface area contributed by atoms with Crippen molar-refractivity contribution in [3.63, 3.8) is 0 Å². The molecular formula is C17H19N7O. The summed E-state index contributed by atoms with van der Waals surface area (Å²) in [6.07, 6.45) is 6.94. The molecule has 1 amide bonds. The smallest absolute Gasteiger partial charge is 0.225 e. The summed E-state index contributed by atoms with van der Waals surface area (Å²) in [6, 6.07) is 7.65. The molecule has 4 heterocycles. The molecule has 128 valence electrons. The molecule has 4 rings (SSSR count). The first-order chi connectivity index (χ1) is 12.3. The van der Waals surface area contributed by atoms with Crippen LogP contribution in [0.5, 0.6) is 0 Å². The Morgan fingerprint density at radius 3 is 3.16 bits per heavy atom. The van der Waals surface area contributed by atoms with Crippen molar-refractivity contribution in [3.05, 3.63) is 48.5 Å². The third-order valence-corrected chi connectivity index (χ3v) is 4.45. The van der Waals surface area contributed by atoms with E-state index in [1.165, 1.54) is 0 Å². The molecule has 25 heavy (non-hydrogen) atoms. The average molecular weight is 337 g/mol. The molecule has 1 fully saturated rings. The van der Waals surface area contributed by atoms with E-state index in [-0.39, 0.29) is 11.8 Å². The van der Waals surface area contributed by atoms with Gasteiger partial charge >= 0.3 is 0 Å². The van der Waals surface area contributed by atoms with E-state index in [1.807, 2.05) is 24.3 Å². The number of piperidine rings is 1. The Bertz CT molecular complexity index is 864. The van der Waals surface area contributed by atoms with Gasteiger partial charge in [-0.1, -0.05) is 6.07 Å². The predicted molar refractivity (Wildman–Crippen MR) is 91.8 cm³/mol. The van der Waals surface area contributed by atoms with Crippen LogP contribution >= 0.6 is 0 Å². The number of anilines is 1. The van der Waals surface area contributed by atoms with Crippen LogP contribution in [0.2, 0.25) is 0 Å². The molecule has 0 aliphatic carbocycles. The maximum Gasteiger partial charge on any atom is 0.225 e. The summed E-state index contributed by atoms with van der Waals surface area (Å²) >= 11 is 0. The van der Waals surface area contributed by atoms with E-state index in [0.717, 1.165) is 30.8 Å². The average Bonchev–Trinajstić information content (AvgIpc) is 3.15. The highest BCUT2D eigenvalue weighted by molar-refractivity contribution is 5.79. The first kappa shape index (κ1) is 15.5. The number of carbonyl (C=O) groups is 1. The Hall–Kier alpha value is -3.03. The van der Waals surface area contributed by atoms with Gasteiger partial charge in [0.2, 0.25) is 5.91 Å². The van der Waals surface area contributed by atoms with Gasteiger partial charge in [0.25, 0.3) is 0 Å². The molecule has 0 saturated carbocycles. The summed E-state index contributed by atoms with van der Waals surface area (Å²) in [5.41, 5.74) is 1.72. The van der Waals surface area contributed by atoms with Crippen molar-refractivity contribution in [2.45, 2.75) is 19.4 Å². The van der Waals surface area contributed by atoms with Gasteiger partial charge in [0.15, 0.2) is 5.65 Å². The Morgan fingerprint density at radius 2 is 2.28 bits per heavy atom. The minimum Gasteiger partial charge on any atom is -0.354 e. The zero-order valence-electron chi connectivity index (χ0n) is 13.7. The third kappa shape index (κ3) is 3.42. The Balaban J connectivity index is 1.40. The van der Waals surface area contributed by atoms with Gasteiger partial charge in [-0.15, -0.1) is 15.3 Å². The quantitative estimate of drug-likeness (QED) is 0.766. The van der Waals surface area contributed by atoms with Crippen molar-refractivity contribution in [3.8, 4) is 0 Å². The molecule has 0 bridgehead atoms. The number of aromatic nitrogens is 5. The van der Waals surface area contributed by atoms with Gasteiger partial charge in [0.1, 0.15) is 12.1 Å². The van der Waals surface area contributed by atoms with E-state index >= 15 is 0 Å². The van der Waals surface area contributed by atoms with E-state index in [4.69, 9.17) is 0 Å². The first-order valence-corrected chi connectivity index (χ1v) is 8.38. The van der Waals surface area contributed by atoms with Crippen molar-refractivity contribution in [1.82, 2.24) is 30.1 Å². The monoisotopic (exact) mass is 337 g/mol. The van der Waals surface area contributed by atoms with Crippen LogP contribution in [-0.2, 0) is 11.3 Å². The second-order valence-electron chi connectivity index (χ2n) is 6.19. The summed E-state index contributed by atoms with van der Waals surface area (Å²) in [5.74, 6) is 0.889. The SMILES string of the molecule is O=C(NCc1cccnc1)[C@H]1CCCN(c2ccc3nncn3n2)C1. The van der Waals surface area contributed by atoms with Crippen molar-refractivity contribution in [1.29, 1.82) is 0 Å². The number of carbonyl (C=O) groups excluding carboxylic acids is 1. The van der Waals surface area contributed by atoms with Crippen LogP contribution in [0.3, 0.4) is 0 Å². The topological polar surface area (TPSA) is 88.3 Å². The van der Waals surface area contributed by atoms with Crippen molar-refractivity contribution in [2.24, 2.45) is 5.92 Å². The third-order valence-electron chi connectivity index (χ3n) is 4.45. The second kappa shape index (κ2) is 6.84. The fourth-order valence-corrected chi connectivity index (χ4v) is 3.12. The largest absolute Gasteiger partial charge is 0.354 e. The molecule has 1 aliphatic heterocycles. The lowest BCUT2D eigenvalue weighted by atomic mass is 9.97. The number of hydrogen-bond donors (Lipinski definition) is 1. The van der Waals surface area contributed by atoms with E-state index < -0.39 is 0 Å². The van der Waals surface area contributed by atoms with E-state index in [0.29, 0.717) is 18.7 Å². The van der Waals surface area contributed by atoms with E-state index in [2.05, 4.69) is 30.5 Å². The van der Waals surface area contributed by atoms with Crippen LogP contribution in [0.1, 0.15) is 18.4 Å². The fourth-order valence-electron chi connectivity index (χ4n) is 3.12. The van der Waals surface area contributed by atoms with Gasteiger partial charge in [0, 0.05) is 32.0 Å². The number of fused-ring (bicyclic) bond motifs is 1. The molecule has 1 N–H and O–H groups in total. The highest BCUT2D eigenvalue weighted by atomic mass is 16.1. The van der Waals surface area contributed by atoms with Crippen LogP contribution in [-0.4, -0.2) is 43.8 Å². The lowest BCUT2D eigenvalue weighted by molar-refractivity contribution is -0.125. The molecule has 0 radical (unpaired) electrons. The van der Waals surface area contributed by atoms with Crippen LogP contribution in [0.4, 0.5) is 5.82 Å². The molecule has 1 saturated heterocycles. The Labute approximate surface area is 144 Å². The number of nitrogens with one attached hydrogen (secondary N) is 1. The molecule has 3 aromatic rings. The van der Waals surface area contributed by atoms with Crippen LogP contribution in [0, 0.1) is 5.92 Å². The van der Waals surface area contributed by atoms with Crippen molar-refractivity contribution in [2.75, 3.05) is 18.0 Å². The molecule has 0 spiro atoms. The van der Waals surface area contributed by atoms with Gasteiger partial charge < -0.3 is 10.2 Å². The minimum atomic E-state index is -0.0381. The fraction of sp³-hybridized carbons (Fsp3) is 0.353. The van der Waals surface area contributed by atoms with E-state index in [1.54, 1.807) is 23.2 Å². The highest BCUT2D eigenvalue weighted by Gasteiger charge is 2.26. The van der Waals surface area contributed by atoms with Crippen LogP contribution < -0.4 is 10.2 Å². The van der Waals surface area contributed by atoms with Gasteiger partial charge in [0.05, 0.1) is 5.92 Å².